The van der Waals surface area contributed by atoms with Gasteiger partial charge >= 0.3 is 5.91 Å². The maximum Gasteiger partial charge on any atom is 0.306 e. The Hall–Kier alpha value is -1.30. The lowest BCUT2D eigenvalue weighted by atomic mass is 10.4. The molecular weight excluding hydrogens is 178 g/mol. The molecule has 0 fully saturated rings. The summed E-state index contributed by atoms with van der Waals surface area (Å²) in [6.07, 6.45) is 4.16. The number of rotatable bonds is 0. The van der Waals surface area contributed by atoms with E-state index in [2.05, 4.69) is 14.3 Å². The fourth-order valence-corrected chi connectivity index (χ4v) is 2.24. The standard InChI is InChI=1S/C6H5N3O2S/c1-12(11)6-4(5(10)9-12)7-2-3-8-6/h2-3H,1H3. The molecule has 0 saturated heterocycles. The first-order valence-electron chi connectivity index (χ1n) is 3.19. The first-order valence-corrected chi connectivity index (χ1v) is 5.11. The Morgan fingerprint density at radius 1 is 1.33 bits per heavy atom. The quantitative estimate of drug-likeness (QED) is 0.571. The van der Waals surface area contributed by atoms with E-state index >= 15 is 0 Å². The summed E-state index contributed by atoms with van der Waals surface area (Å²) in [5, 5.41) is 0.204. The molecule has 1 atom stereocenters. The molecule has 0 aromatic carbocycles. The first kappa shape index (κ1) is 7.35. The average Bonchev–Trinajstić information content (AvgIpc) is 2.25. The van der Waals surface area contributed by atoms with Crippen LogP contribution in [0.5, 0.6) is 0 Å². The minimum atomic E-state index is -2.60. The van der Waals surface area contributed by atoms with Crippen LogP contribution in [-0.2, 0) is 9.73 Å². The molecule has 0 aliphatic carbocycles. The van der Waals surface area contributed by atoms with Gasteiger partial charge in [-0.2, -0.15) is 4.36 Å². The lowest BCUT2D eigenvalue weighted by Crippen LogP contribution is -2.00. The lowest BCUT2D eigenvalue weighted by molar-refractivity contribution is 0.100. The summed E-state index contributed by atoms with van der Waals surface area (Å²) in [4.78, 5) is 18.6. The summed E-state index contributed by atoms with van der Waals surface area (Å²) in [7, 11) is -2.60. The van der Waals surface area contributed by atoms with Crippen molar-refractivity contribution in [3.8, 4) is 0 Å². The van der Waals surface area contributed by atoms with Crippen LogP contribution in [0.3, 0.4) is 0 Å². The summed E-state index contributed by atoms with van der Waals surface area (Å²) in [5.74, 6) is -0.536. The van der Waals surface area contributed by atoms with Crippen molar-refractivity contribution in [1.29, 1.82) is 0 Å². The minimum absolute atomic E-state index is 0.116. The molecule has 62 valence electrons. The van der Waals surface area contributed by atoms with Gasteiger partial charge in [-0.15, -0.1) is 0 Å². The topological polar surface area (TPSA) is 72.3 Å². The van der Waals surface area contributed by atoms with Crippen LogP contribution in [0.25, 0.3) is 0 Å². The zero-order valence-electron chi connectivity index (χ0n) is 6.22. The van der Waals surface area contributed by atoms with Gasteiger partial charge in [0.1, 0.15) is 9.73 Å². The lowest BCUT2D eigenvalue weighted by Gasteiger charge is -1.94. The molecule has 1 unspecified atom stereocenters. The zero-order valence-corrected chi connectivity index (χ0v) is 7.04. The van der Waals surface area contributed by atoms with Crippen LogP contribution in [0.1, 0.15) is 10.5 Å². The molecule has 2 heterocycles. The van der Waals surface area contributed by atoms with Gasteiger partial charge in [0.15, 0.2) is 10.7 Å². The van der Waals surface area contributed by atoms with Crippen LogP contribution >= 0.6 is 0 Å². The van der Waals surface area contributed by atoms with Crippen molar-refractivity contribution in [2.75, 3.05) is 6.26 Å². The highest BCUT2D eigenvalue weighted by Crippen LogP contribution is 2.20. The monoisotopic (exact) mass is 183 g/mol. The molecule has 1 aliphatic heterocycles. The average molecular weight is 183 g/mol. The van der Waals surface area contributed by atoms with E-state index in [0.717, 1.165) is 0 Å². The highest BCUT2D eigenvalue weighted by atomic mass is 32.2. The molecule has 0 bridgehead atoms. The second kappa shape index (κ2) is 2.10. The molecular formula is C6H5N3O2S. The van der Waals surface area contributed by atoms with Crippen LogP contribution in [0.4, 0.5) is 0 Å². The summed E-state index contributed by atoms with van der Waals surface area (Å²) in [5.41, 5.74) is 0.116. The number of hydrogen-bond acceptors (Lipinski definition) is 4. The fraction of sp³-hybridized carbons (Fsp3) is 0.167. The van der Waals surface area contributed by atoms with Crippen molar-refractivity contribution in [1.82, 2.24) is 9.97 Å². The molecule has 5 nitrogen and oxygen atoms in total. The van der Waals surface area contributed by atoms with Crippen LogP contribution in [0.2, 0.25) is 0 Å². The normalized spacial score (nSPS) is 26.6. The van der Waals surface area contributed by atoms with Gasteiger partial charge in [-0.25, -0.2) is 14.2 Å². The van der Waals surface area contributed by atoms with E-state index in [0.29, 0.717) is 0 Å². The van der Waals surface area contributed by atoms with E-state index < -0.39 is 15.6 Å². The molecule has 1 aromatic heterocycles. The fourth-order valence-electron chi connectivity index (χ4n) is 0.994. The Bertz CT molecular complexity index is 473. The van der Waals surface area contributed by atoms with Crippen molar-refractivity contribution in [2.24, 2.45) is 4.36 Å². The molecule has 1 aromatic rings. The van der Waals surface area contributed by atoms with E-state index in [9.17, 15) is 9.00 Å². The van der Waals surface area contributed by atoms with Gasteiger partial charge in [0.25, 0.3) is 0 Å². The van der Waals surface area contributed by atoms with E-state index in [1.165, 1.54) is 18.6 Å². The van der Waals surface area contributed by atoms with Crippen molar-refractivity contribution >= 4 is 15.6 Å². The Morgan fingerprint density at radius 2 is 2.00 bits per heavy atom. The third-order valence-electron chi connectivity index (χ3n) is 1.48. The predicted octanol–water partition coefficient (Wildman–Crippen LogP) is 0.0871. The molecule has 0 saturated carbocycles. The Labute approximate surface area is 69.0 Å². The number of carbonyl (C=O) groups is 1. The van der Waals surface area contributed by atoms with Crippen molar-refractivity contribution < 1.29 is 9.00 Å². The molecule has 12 heavy (non-hydrogen) atoms. The van der Waals surface area contributed by atoms with Gasteiger partial charge in [-0.1, -0.05) is 0 Å². The Kier molecular flexibility index (Phi) is 1.29. The third-order valence-corrected chi connectivity index (χ3v) is 3.01. The number of amides is 1. The Morgan fingerprint density at radius 3 is 2.67 bits per heavy atom. The molecule has 6 heteroatoms. The van der Waals surface area contributed by atoms with Crippen molar-refractivity contribution in [3.63, 3.8) is 0 Å². The summed E-state index contributed by atoms with van der Waals surface area (Å²) < 4.78 is 15.0. The van der Waals surface area contributed by atoms with E-state index in [1.54, 1.807) is 0 Å². The minimum Gasteiger partial charge on any atom is -0.264 e. The number of nitrogens with zero attached hydrogens (tertiary/aromatic N) is 3. The van der Waals surface area contributed by atoms with Gasteiger partial charge in [-0.05, 0) is 0 Å². The predicted molar refractivity (Wildman–Crippen MR) is 41.1 cm³/mol. The van der Waals surface area contributed by atoms with Crippen LogP contribution < -0.4 is 0 Å². The van der Waals surface area contributed by atoms with E-state index in [-0.39, 0.29) is 10.7 Å². The SMILES string of the molecule is CS1(=O)=NC(=O)c2nccnc21. The first-order chi connectivity index (χ1) is 5.61. The van der Waals surface area contributed by atoms with Gasteiger partial charge in [0.05, 0.1) is 0 Å². The highest BCUT2D eigenvalue weighted by Gasteiger charge is 2.28. The second-order valence-electron chi connectivity index (χ2n) is 2.41. The van der Waals surface area contributed by atoms with Crippen LogP contribution in [0.15, 0.2) is 21.8 Å². The number of hydrogen-bond donors (Lipinski definition) is 0. The second-order valence-corrected chi connectivity index (χ2v) is 4.58. The molecule has 0 N–H and O–H groups in total. The van der Waals surface area contributed by atoms with E-state index in [4.69, 9.17) is 0 Å². The molecule has 0 spiro atoms. The van der Waals surface area contributed by atoms with Gasteiger partial charge in [0, 0.05) is 18.6 Å². The number of fused-ring (bicyclic) bond motifs is 1. The Balaban J connectivity index is 2.87. The maximum absolute atomic E-state index is 11.5. The van der Waals surface area contributed by atoms with E-state index in [1.807, 2.05) is 0 Å². The molecule has 2 rings (SSSR count). The smallest absolute Gasteiger partial charge is 0.264 e. The summed E-state index contributed by atoms with van der Waals surface area (Å²) in [6, 6.07) is 0. The van der Waals surface area contributed by atoms with Gasteiger partial charge in [-0.3, -0.25) is 4.79 Å². The zero-order chi connectivity index (χ0) is 8.77. The summed E-state index contributed by atoms with van der Waals surface area (Å²) in [6.45, 7) is 0. The number of aromatic nitrogens is 2. The van der Waals surface area contributed by atoms with Crippen molar-refractivity contribution in [2.45, 2.75) is 5.03 Å². The molecule has 1 amide bonds. The molecule has 1 aliphatic rings. The summed E-state index contributed by atoms with van der Waals surface area (Å²) >= 11 is 0. The molecule has 0 radical (unpaired) electrons. The maximum atomic E-state index is 11.5. The van der Waals surface area contributed by atoms with Crippen LogP contribution in [-0.4, -0.2) is 26.3 Å². The highest BCUT2D eigenvalue weighted by molar-refractivity contribution is 7.93. The van der Waals surface area contributed by atoms with Crippen molar-refractivity contribution in [3.05, 3.63) is 18.1 Å². The van der Waals surface area contributed by atoms with Crippen LogP contribution in [0, 0.1) is 0 Å². The third kappa shape index (κ3) is 0.845. The largest absolute Gasteiger partial charge is 0.306 e. The van der Waals surface area contributed by atoms with Gasteiger partial charge < -0.3 is 0 Å². The van der Waals surface area contributed by atoms with Gasteiger partial charge in [0.2, 0.25) is 0 Å². The number of carbonyl (C=O) groups excluding carboxylic acids is 1.